The fourth-order valence-electron chi connectivity index (χ4n) is 5.30. The number of piperidine rings is 1. The van der Waals surface area contributed by atoms with E-state index in [1.54, 1.807) is 11.3 Å². The van der Waals surface area contributed by atoms with E-state index in [0.29, 0.717) is 30.0 Å². The summed E-state index contributed by atoms with van der Waals surface area (Å²) in [5.74, 6) is -1.37. The highest BCUT2D eigenvalue weighted by Gasteiger charge is 2.46. The highest BCUT2D eigenvalue weighted by molar-refractivity contribution is 7.16. The lowest BCUT2D eigenvalue weighted by Gasteiger charge is -2.43. The number of carboxylic acids is 2. The molecule has 2 unspecified atom stereocenters. The molecule has 5 rings (SSSR count). The molecule has 1 aromatic heterocycles. The third kappa shape index (κ3) is 5.29. The van der Waals surface area contributed by atoms with Crippen molar-refractivity contribution in [3.05, 3.63) is 81.5 Å². The van der Waals surface area contributed by atoms with Crippen LogP contribution in [0.1, 0.15) is 41.5 Å². The van der Waals surface area contributed by atoms with Crippen molar-refractivity contribution in [3.8, 4) is 0 Å². The van der Waals surface area contributed by atoms with Gasteiger partial charge in [-0.2, -0.15) is 0 Å². The summed E-state index contributed by atoms with van der Waals surface area (Å²) < 4.78 is 0.915. The minimum Gasteiger partial charge on any atom is -0.478 e. The van der Waals surface area contributed by atoms with Gasteiger partial charge in [0.25, 0.3) is 0 Å². The Kier molecular flexibility index (Phi) is 7.17. The summed E-state index contributed by atoms with van der Waals surface area (Å²) in [6, 6.07) is 21.5. The summed E-state index contributed by atoms with van der Waals surface area (Å²) in [6.45, 7) is 0. The number of carbonyl (C=O) groups is 2. The standard InChI is InChI=1S/C22H22ClNS.C4H4O4/c1-24-17-8-9-19(24)22(18(13-17)20-10-11-21(23)25-20)16-7-6-14-4-2-3-5-15(14)12-16;5-3(6)1-2-4(7)8/h2-7,10-12,17-19,22H,8-9,13H2,1H3;1-2H,(H,5,6)(H,7,8)/b;2-1+/t17?,18-,19?,22+;/m1./s1. The Bertz CT molecular complexity index is 1170. The van der Waals surface area contributed by atoms with Crippen LogP contribution in [0, 0.1) is 0 Å². The van der Waals surface area contributed by atoms with Crippen LogP contribution in [-0.4, -0.2) is 46.2 Å². The molecule has 2 aliphatic heterocycles. The zero-order chi connectivity index (χ0) is 23.5. The summed E-state index contributed by atoms with van der Waals surface area (Å²) in [5.41, 5.74) is 1.49. The second-order valence-electron chi connectivity index (χ2n) is 8.59. The van der Waals surface area contributed by atoms with E-state index in [-0.39, 0.29) is 0 Å². The normalized spacial score (nSPS) is 24.5. The van der Waals surface area contributed by atoms with Crippen LogP contribution in [0.4, 0.5) is 0 Å². The van der Waals surface area contributed by atoms with Crippen molar-refractivity contribution < 1.29 is 19.8 Å². The van der Waals surface area contributed by atoms with E-state index < -0.39 is 11.9 Å². The first-order valence-corrected chi connectivity index (χ1v) is 12.1. The van der Waals surface area contributed by atoms with Gasteiger partial charge in [0.1, 0.15) is 0 Å². The fraction of sp³-hybridized carbons (Fsp3) is 0.308. The van der Waals surface area contributed by atoms with Crippen LogP contribution in [-0.2, 0) is 9.59 Å². The average molecular weight is 484 g/mol. The molecule has 2 N–H and O–H groups in total. The minimum absolute atomic E-state index is 0.558. The maximum Gasteiger partial charge on any atom is 0.328 e. The lowest BCUT2D eigenvalue weighted by molar-refractivity contribution is -0.134. The molecule has 0 saturated carbocycles. The van der Waals surface area contributed by atoms with Crippen molar-refractivity contribution in [2.75, 3.05) is 7.05 Å². The number of carboxylic acid groups (broad SMARTS) is 2. The molecule has 7 heteroatoms. The molecule has 0 aliphatic carbocycles. The van der Waals surface area contributed by atoms with Gasteiger partial charge in [0, 0.05) is 40.9 Å². The topological polar surface area (TPSA) is 77.8 Å². The lowest BCUT2D eigenvalue weighted by atomic mass is 9.75. The SMILES string of the molecule is CN1C2CCC1[C@@H](c1ccc3ccccc3c1)[C@@H](c1ccc(Cl)s1)C2.O=C(O)/C=C/C(=O)O. The number of hydrogen-bond donors (Lipinski definition) is 2. The van der Waals surface area contributed by atoms with Gasteiger partial charge in [-0.25, -0.2) is 9.59 Å². The first-order valence-electron chi connectivity index (χ1n) is 10.9. The molecule has 2 fully saturated rings. The van der Waals surface area contributed by atoms with E-state index in [4.69, 9.17) is 21.8 Å². The zero-order valence-electron chi connectivity index (χ0n) is 18.2. The van der Waals surface area contributed by atoms with Gasteiger partial charge in [-0.1, -0.05) is 54.1 Å². The van der Waals surface area contributed by atoms with E-state index in [1.165, 1.54) is 40.5 Å². The Hall–Kier alpha value is -2.67. The summed E-state index contributed by atoms with van der Waals surface area (Å²) >= 11 is 8.05. The van der Waals surface area contributed by atoms with E-state index in [0.717, 1.165) is 10.4 Å². The van der Waals surface area contributed by atoms with E-state index in [2.05, 4.69) is 66.5 Å². The van der Waals surface area contributed by atoms with Crippen LogP contribution in [0.3, 0.4) is 0 Å². The highest BCUT2D eigenvalue weighted by Crippen LogP contribution is 2.52. The van der Waals surface area contributed by atoms with E-state index in [1.807, 2.05) is 0 Å². The number of halogens is 1. The summed E-state index contributed by atoms with van der Waals surface area (Å²) in [7, 11) is 2.33. The Morgan fingerprint density at radius 2 is 1.70 bits per heavy atom. The Morgan fingerprint density at radius 1 is 1.00 bits per heavy atom. The quantitative estimate of drug-likeness (QED) is 0.445. The number of aliphatic carboxylic acids is 2. The number of likely N-dealkylation sites (N-methyl/N-ethyl adjacent to an activating group) is 1. The third-order valence-electron chi connectivity index (χ3n) is 6.76. The summed E-state index contributed by atoms with van der Waals surface area (Å²) in [6.07, 6.45) is 5.02. The van der Waals surface area contributed by atoms with Gasteiger partial charge in [0.05, 0.1) is 4.34 Å². The second-order valence-corrected chi connectivity index (χ2v) is 10.3. The number of hydrogen-bond acceptors (Lipinski definition) is 4. The van der Waals surface area contributed by atoms with Gasteiger partial charge in [-0.15, -0.1) is 11.3 Å². The number of thiophene rings is 1. The Balaban J connectivity index is 0.000000281. The molecule has 3 aromatic rings. The highest BCUT2D eigenvalue weighted by atomic mass is 35.5. The van der Waals surface area contributed by atoms with Crippen molar-refractivity contribution in [2.24, 2.45) is 0 Å². The van der Waals surface area contributed by atoms with Crippen LogP contribution in [0.25, 0.3) is 10.8 Å². The van der Waals surface area contributed by atoms with Crippen molar-refractivity contribution in [1.29, 1.82) is 0 Å². The molecule has 0 spiro atoms. The molecule has 2 saturated heterocycles. The average Bonchev–Trinajstić information content (AvgIpc) is 3.31. The molecule has 0 radical (unpaired) electrons. The third-order valence-corrected chi connectivity index (χ3v) is 8.12. The lowest BCUT2D eigenvalue weighted by Crippen LogP contribution is -2.44. The maximum absolute atomic E-state index is 9.55. The first-order chi connectivity index (χ1) is 15.8. The monoisotopic (exact) mass is 483 g/mol. The van der Waals surface area contributed by atoms with Crippen molar-refractivity contribution >= 4 is 45.6 Å². The molecular formula is C26H26ClNO4S. The fourth-order valence-corrected chi connectivity index (χ4v) is 6.52. The molecule has 4 atom stereocenters. The summed E-state index contributed by atoms with van der Waals surface area (Å²) in [5, 5.41) is 18.3. The van der Waals surface area contributed by atoms with Crippen LogP contribution in [0.15, 0.2) is 66.7 Å². The molecule has 172 valence electrons. The Labute approximate surface area is 201 Å². The Morgan fingerprint density at radius 3 is 2.33 bits per heavy atom. The number of fused-ring (bicyclic) bond motifs is 3. The molecule has 2 aromatic carbocycles. The van der Waals surface area contributed by atoms with Crippen molar-refractivity contribution in [3.63, 3.8) is 0 Å². The zero-order valence-corrected chi connectivity index (χ0v) is 19.8. The molecule has 0 amide bonds. The van der Waals surface area contributed by atoms with Crippen molar-refractivity contribution in [1.82, 2.24) is 4.90 Å². The van der Waals surface area contributed by atoms with Gasteiger partial charge in [-0.3, -0.25) is 4.90 Å². The van der Waals surface area contributed by atoms with E-state index >= 15 is 0 Å². The van der Waals surface area contributed by atoms with E-state index in [9.17, 15) is 9.59 Å². The van der Waals surface area contributed by atoms with Crippen LogP contribution in [0.5, 0.6) is 0 Å². The van der Waals surface area contributed by atoms with Gasteiger partial charge in [0.15, 0.2) is 0 Å². The smallest absolute Gasteiger partial charge is 0.328 e. The minimum atomic E-state index is -1.26. The molecule has 5 nitrogen and oxygen atoms in total. The van der Waals surface area contributed by atoms with Crippen LogP contribution < -0.4 is 0 Å². The molecule has 2 bridgehead atoms. The van der Waals surface area contributed by atoms with Gasteiger partial charge in [0.2, 0.25) is 0 Å². The van der Waals surface area contributed by atoms with Crippen LogP contribution >= 0.6 is 22.9 Å². The van der Waals surface area contributed by atoms with Crippen molar-refractivity contribution in [2.45, 2.75) is 43.2 Å². The predicted octanol–water partition coefficient (Wildman–Crippen LogP) is 6.00. The first kappa shape index (κ1) is 23.5. The number of nitrogens with zero attached hydrogens (tertiary/aromatic N) is 1. The summed E-state index contributed by atoms with van der Waals surface area (Å²) in [4.78, 5) is 23.2. The van der Waals surface area contributed by atoms with Gasteiger partial charge >= 0.3 is 11.9 Å². The molecule has 3 heterocycles. The second kappa shape index (κ2) is 10.1. The van der Waals surface area contributed by atoms with Gasteiger partial charge < -0.3 is 10.2 Å². The molecule has 2 aliphatic rings. The molecular weight excluding hydrogens is 458 g/mol. The maximum atomic E-state index is 9.55. The largest absolute Gasteiger partial charge is 0.478 e. The van der Waals surface area contributed by atoms with Gasteiger partial charge in [-0.05, 0) is 54.8 Å². The predicted molar refractivity (Wildman–Crippen MR) is 132 cm³/mol. The number of rotatable bonds is 4. The van der Waals surface area contributed by atoms with Crippen LogP contribution in [0.2, 0.25) is 4.34 Å². The number of benzene rings is 2. The molecule has 33 heavy (non-hydrogen) atoms.